The third kappa shape index (κ3) is 3.79. The zero-order valence-corrected chi connectivity index (χ0v) is 18.0. The quantitative estimate of drug-likeness (QED) is 0.466. The monoisotopic (exact) mass is 404 g/mol. The lowest BCUT2D eigenvalue weighted by atomic mass is 10.0. The average molecular weight is 405 g/mol. The summed E-state index contributed by atoms with van der Waals surface area (Å²) in [6, 6.07) is 10.2. The molecule has 1 amide bonds. The number of carbonyl (C=O) groups is 1. The van der Waals surface area contributed by atoms with E-state index < -0.39 is 0 Å². The van der Waals surface area contributed by atoms with E-state index in [1.165, 1.54) is 0 Å². The number of pyridine rings is 1. The second kappa shape index (κ2) is 8.26. The SMILES string of the molecule is CC(C)c1cc(C(=O)NCCCn2cnc3ccccc32)c2cnn(C(C)C)c2n1. The van der Waals surface area contributed by atoms with Crippen molar-refractivity contribution in [1.82, 2.24) is 29.6 Å². The highest BCUT2D eigenvalue weighted by Gasteiger charge is 2.18. The molecule has 4 rings (SSSR count). The van der Waals surface area contributed by atoms with Gasteiger partial charge in [0.2, 0.25) is 0 Å². The molecule has 1 aromatic carbocycles. The van der Waals surface area contributed by atoms with Crippen LogP contribution in [-0.2, 0) is 6.54 Å². The van der Waals surface area contributed by atoms with Crippen LogP contribution in [0.5, 0.6) is 0 Å². The van der Waals surface area contributed by atoms with Crippen molar-refractivity contribution in [3.63, 3.8) is 0 Å². The molecule has 7 nitrogen and oxygen atoms in total. The molecule has 0 bridgehead atoms. The highest BCUT2D eigenvalue weighted by Crippen LogP contribution is 2.24. The van der Waals surface area contributed by atoms with Crippen molar-refractivity contribution in [2.24, 2.45) is 0 Å². The number of hydrogen-bond donors (Lipinski definition) is 1. The van der Waals surface area contributed by atoms with Gasteiger partial charge >= 0.3 is 0 Å². The fraction of sp³-hybridized carbons (Fsp3) is 0.391. The number of hydrogen-bond acceptors (Lipinski definition) is 4. The van der Waals surface area contributed by atoms with Crippen molar-refractivity contribution in [3.05, 3.63) is 54.1 Å². The van der Waals surface area contributed by atoms with E-state index in [-0.39, 0.29) is 17.9 Å². The van der Waals surface area contributed by atoms with Gasteiger partial charge in [0.15, 0.2) is 5.65 Å². The van der Waals surface area contributed by atoms with Crippen LogP contribution in [0.15, 0.2) is 42.9 Å². The Morgan fingerprint density at radius 3 is 2.73 bits per heavy atom. The van der Waals surface area contributed by atoms with E-state index in [2.05, 4.69) is 53.7 Å². The molecule has 0 unspecified atom stereocenters. The Hall–Kier alpha value is -3.22. The van der Waals surface area contributed by atoms with E-state index in [4.69, 9.17) is 4.98 Å². The molecule has 0 fully saturated rings. The Balaban J connectivity index is 1.49. The van der Waals surface area contributed by atoms with E-state index in [9.17, 15) is 4.79 Å². The number of aryl methyl sites for hydroxylation is 1. The number of aromatic nitrogens is 5. The van der Waals surface area contributed by atoms with E-state index in [0.29, 0.717) is 12.1 Å². The minimum Gasteiger partial charge on any atom is -0.352 e. The van der Waals surface area contributed by atoms with E-state index in [1.807, 2.05) is 35.3 Å². The van der Waals surface area contributed by atoms with Crippen molar-refractivity contribution in [2.75, 3.05) is 6.54 Å². The third-order valence-electron chi connectivity index (χ3n) is 5.30. The number of nitrogens with one attached hydrogen (secondary N) is 1. The van der Waals surface area contributed by atoms with Crippen LogP contribution in [0, 0.1) is 0 Å². The van der Waals surface area contributed by atoms with Crippen molar-refractivity contribution in [3.8, 4) is 0 Å². The molecule has 30 heavy (non-hydrogen) atoms. The molecule has 0 spiro atoms. The molecular weight excluding hydrogens is 376 g/mol. The predicted octanol–water partition coefficient (Wildman–Crippen LogP) is 4.31. The zero-order chi connectivity index (χ0) is 21.3. The second-order valence-corrected chi connectivity index (χ2v) is 8.21. The number of carbonyl (C=O) groups excluding carboxylic acids is 1. The summed E-state index contributed by atoms with van der Waals surface area (Å²) in [5, 5.41) is 8.33. The third-order valence-corrected chi connectivity index (χ3v) is 5.30. The Kier molecular flexibility index (Phi) is 5.53. The number of para-hydroxylation sites is 2. The molecule has 4 aromatic rings. The van der Waals surface area contributed by atoms with Crippen LogP contribution in [0.25, 0.3) is 22.1 Å². The normalized spacial score (nSPS) is 11.8. The highest BCUT2D eigenvalue weighted by atomic mass is 16.1. The lowest BCUT2D eigenvalue weighted by Gasteiger charge is -2.12. The van der Waals surface area contributed by atoms with Gasteiger partial charge in [-0.1, -0.05) is 26.0 Å². The summed E-state index contributed by atoms with van der Waals surface area (Å²) in [7, 11) is 0. The molecule has 3 heterocycles. The molecule has 156 valence electrons. The molecule has 0 atom stereocenters. The maximum atomic E-state index is 13.0. The smallest absolute Gasteiger partial charge is 0.252 e. The summed E-state index contributed by atoms with van der Waals surface area (Å²) in [5.74, 6) is 0.147. The molecular formula is C23H28N6O. The number of imidazole rings is 1. The zero-order valence-electron chi connectivity index (χ0n) is 18.0. The predicted molar refractivity (Wildman–Crippen MR) is 119 cm³/mol. The molecule has 0 radical (unpaired) electrons. The Labute approximate surface area is 176 Å². The maximum absolute atomic E-state index is 13.0. The minimum atomic E-state index is -0.0805. The van der Waals surface area contributed by atoms with Gasteiger partial charge in [0.1, 0.15) is 0 Å². The fourth-order valence-electron chi connectivity index (χ4n) is 3.63. The summed E-state index contributed by atoms with van der Waals surface area (Å²) >= 11 is 0. The molecule has 0 saturated heterocycles. The lowest BCUT2D eigenvalue weighted by molar-refractivity contribution is 0.0954. The molecule has 0 aliphatic carbocycles. The fourth-order valence-corrected chi connectivity index (χ4v) is 3.63. The van der Waals surface area contributed by atoms with Crippen LogP contribution >= 0.6 is 0 Å². The Morgan fingerprint density at radius 2 is 1.97 bits per heavy atom. The van der Waals surface area contributed by atoms with Crippen molar-refractivity contribution >= 4 is 28.0 Å². The summed E-state index contributed by atoms with van der Waals surface area (Å²) in [5.41, 5.74) is 4.42. The van der Waals surface area contributed by atoms with Crippen molar-refractivity contribution < 1.29 is 4.79 Å². The molecule has 7 heteroatoms. The van der Waals surface area contributed by atoms with E-state index >= 15 is 0 Å². The summed E-state index contributed by atoms with van der Waals surface area (Å²) < 4.78 is 4.00. The standard InChI is InChI=1S/C23H28N6O/c1-15(2)20-12-17(18-13-26-29(16(3)4)22(18)27-20)23(30)24-10-7-11-28-14-25-19-8-5-6-9-21(19)28/h5-6,8-9,12-16H,7,10-11H2,1-4H3,(H,24,30). The van der Waals surface area contributed by atoms with E-state index in [0.717, 1.165) is 40.7 Å². The van der Waals surface area contributed by atoms with Gasteiger partial charge in [0.05, 0.1) is 34.5 Å². The first-order valence-electron chi connectivity index (χ1n) is 10.5. The molecule has 0 saturated carbocycles. The van der Waals surface area contributed by atoms with Crippen LogP contribution < -0.4 is 5.32 Å². The number of nitrogens with zero attached hydrogens (tertiary/aromatic N) is 5. The minimum absolute atomic E-state index is 0.0805. The van der Waals surface area contributed by atoms with Crippen LogP contribution in [0.2, 0.25) is 0 Å². The van der Waals surface area contributed by atoms with Gasteiger partial charge in [0, 0.05) is 24.8 Å². The number of rotatable bonds is 7. The summed E-state index contributed by atoms with van der Waals surface area (Å²) in [6.07, 6.45) is 4.43. The van der Waals surface area contributed by atoms with Gasteiger partial charge < -0.3 is 9.88 Å². The van der Waals surface area contributed by atoms with Crippen molar-refractivity contribution in [2.45, 2.75) is 52.6 Å². The van der Waals surface area contributed by atoms with Gasteiger partial charge in [-0.05, 0) is 44.4 Å². The summed E-state index contributed by atoms with van der Waals surface area (Å²) in [4.78, 5) is 22.2. The largest absolute Gasteiger partial charge is 0.352 e. The molecule has 0 aliphatic rings. The number of fused-ring (bicyclic) bond motifs is 2. The first-order valence-corrected chi connectivity index (χ1v) is 10.5. The van der Waals surface area contributed by atoms with Crippen LogP contribution in [0.1, 0.15) is 62.1 Å². The maximum Gasteiger partial charge on any atom is 0.252 e. The van der Waals surface area contributed by atoms with Gasteiger partial charge in [-0.2, -0.15) is 5.10 Å². The van der Waals surface area contributed by atoms with Crippen LogP contribution in [0.4, 0.5) is 0 Å². The van der Waals surface area contributed by atoms with Crippen LogP contribution in [-0.4, -0.2) is 36.8 Å². The lowest BCUT2D eigenvalue weighted by Crippen LogP contribution is -2.25. The van der Waals surface area contributed by atoms with Gasteiger partial charge in [-0.3, -0.25) is 4.79 Å². The number of benzene rings is 1. The second-order valence-electron chi connectivity index (χ2n) is 8.21. The van der Waals surface area contributed by atoms with Gasteiger partial charge in [0.25, 0.3) is 5.91 Å². The van der Waals surface area contributed by atoms with Crippen molar-refractivity contribution in [1.29, 1.82) is 0 Å². The summed E-state index contributed by atoms with van der Waals surface area (Å²) in [6.45, 7) is 9.69. The molecule has 0 aliphatic heterocycles. The first-order chi connectivity index (χ1) is 14.5. The van der Waals surface area contributed by atoms with Crippen LogP contribution in [0.3, 0.4) is 0 Å². The Morgan fingerprint density at radius 1 is 1.17 bits per heavy atom. The molecule has 1 N–H and O–H groups in total. The topological polar surface area (TPSA) is 77.6 Å². The van der Waals surface area contributed by atoms with Gasteiger partial charge in [-0.15, -0.1) is 0 Å². The first kappa shape index (κ1) is 20.1. The Bertz CT molecular complexity index is 1190. The average Bonchev–Trinajstić information content (AvgIpc) is 3.34. The number of amides is 1. The van der Waals surface area contributed by atoms with E-state index in [1.54, 1.807) is 6.20 Å². The highest BCUT2D eigenvalue weighted by molar-refractivity contribution is 6.05. The molecule has 3 aromatic heterocycles. The van der Waals surface area contributed by atoms with Gasteiger partial charge in [-0.25, -0.2) is 14.6 Å².